The molecule has 0 aliphatic rings. The van der Waals surface area contributed by atoms with Crippen LogP contribution in [0.15, 0.2) is 54.9 Å². The number of nitrogens with zero attached hydrogens (tertiary/aromatic N) is 4. The summed E-state index contributed by atoms with van der Waals surface area (Å²) in [5.74, 6) is 0.671. The van der Waals surface area contributed by atoms with Crippen molar-refractivity contribution in [1.29, 1.82) is 5.26 Å². The third-order valence-electron chi connectivity index (χ3n) is 3.52. The quantitative estimate of drug-likeness (QED) is 0.737. The van der Waals surface area contributed by atoms with Crippen LogP contribution in [0.4, 0.5) is 11.5 Å². The van der Waals surface area contributed by atoms with Crippen molar-refractivity contribution in [2.45, 2.75) is 13.5 Å². The number of aryl methyl sites for hydroxylation is 1. The summed E-state index contributed by atoms with van der Waals surface area (Å²) in [5.41, 5.74) is 2.26. The highest BCUT2D eigenvalue weighted by molar-refractivity contribution is 6.03. The van der Waals surface area contributed by atoms with Crippen molar-refractivity contribution in [2.75, 3.05) is 10.6 Å². The minimum Gasteiger partial charge on any atom is -0.366 e. The first-order valence-electron chi connectivity index (χ1n) is 7.94. The van der Waals surface area contributed by atoms with Crippen LogP contribution in [0.2, 0.25) is 0 Å². The van der Waals surface area contributed by atoms with Gasteiger partial charge in [0.25, 0.3) is 5.91 Å². The van der Waals surface area contributed by atoms with Gasteiger partial charge in [-0.1, -0.05) is 12.1 Å². The molecule has 0 fully saturated rings. The molecule has 0 saturated carbocycles. The Bertz CT molecular complexity index is 965. The number of aromatic nitrogens is 3. The van der Waals surface area contributed by atoms with Crippen molar-refractivity contribution >= 4 is 17.4 Å². The van der Waals surface area contributed by atoms with Gasteiger partial charge in [0.2, 0.25) is 0 Å². The Balaban J connectivity index is 1.74. The Kier molecular flexibility index (Phi) is 5.15. The lowest BCUT2D eigenvalue weighted by Crippen LogP contribution is -2.16. The summed E-state index contributed by atoms with van der Waals surface area (Å²) in [6.45, 7) is 2.26. The van der Waals surface area contributed by atoms with Crippen molar-refractivity contribution in [3.05, 3.63) is 77.5 Å². The molecule has 0 radical (unpaired) electrons. The lowest BCUT2D eigenvalue weighted by atomic mass is 10.2. The number of nitriles is 1. The third kappa shape index (κ3) is 4.39. The molecule has 7 heteroatoms. The van der Waals surface area contributed by atoms with Gasteiger partial charge in [-0.05, 0) is 36.8 Å². The summed E-state index contributed by atoms with van der Waals surface area (Å²) in [6.07, 6.45) is 3.47. The van der Waals surface area contributed by atoms with Crippen molar-refractivity contribution in [3.63, 3.8) is 0 Å². The van der Waals surface area contributed by atoms with Crippen LogP contribution in [0.25, 0.3) is 0 Å². The van der Waals surface area contributed by atoms with Gasteiger partial charge in [-0.2, -0.15) is 5.26 Å². The van der Waals surface area contributed by atoms with Crippen LogP contribution in [-0.4, -0.2) is 20.9 Å². The van der Waals surface area contributed by atoms with E-state index in [1.807, 2.05) is 18.2 Å². The maximum absolute atomic E-state index is 12.5. The molecule has 26 heavy (non-hydrogen) atoms. The predicted molar refractivity (Wildman–Crippen MR) is 97.4 cm³/mol. The smallest absolute Gasteiger partial charge is 0.274 e. The van der Waals surface area contributed by atoms with Crippen LogP contribution in [-0.2, 0) is 6.54 Å². The molecular weight excluding hydrogens is 328 g/mol. The van der Waals surface area contributed by atoms with E-state index in [2.05, 4.69) is 25.6 Å². The van der Waals surface area contributed by atoms with Gasteiger partial charge < -0.3 is 10.6 Å². The fourth-order valence-corrected chi connectivity index (χ4v) is 2.33. The van der Waals surface area contributed by atoms with E-state index in [0.717, 1.165) is 5.56 Å². The van der Waals surface area contributed by atoms with Crippen molar-refractivity contribution in [2.24, 2.45) is 0 Å². The van der Waals surface area contributed by atoms with Crippen LogP contribution >= 0.6 is 0 Å². The second-order valence-electron chi connectivity index (χ2n) is 5.55. The summed E-state index contributed by atoms with van der Waals surface area (Å²) >= 11 is 0. The Morgan fingerprint density at radius 1 is 1.19 bits per heavy atom. The van der Waals surface area contributed by atoms with Gasteiger partial charge >= 0.3 is 0 Å². The fourth-order valence-electron chi connectivity index (χ4n) is 2.33. The van der Waals surface area contributed by atoms with E-state index >= 15 is 0 Å². The van der Waals surface area contributed by atoms with Gasteiger partial charge in [0.1, 0.15) is 17.3 Å². The Morgan fingerprint density at radius 3 is 2.85 bits per heavy atom. The van der Waals surface area contributed by atoms with Crippen molar-refractivity contribution in [1.82, 2.24) is 15.0 Å². The molecule has 0 saturated heterocycles. The zero-order chi connectivity index (χ0) is 18.4. The molecule has 2 aromatic heterocycles. The highest BCUT2D eigenvalue weighted by atomic mass is 16.1. The molecule has 0 unspecified atom stereocenters. The number of pyridine rings is 1. The minimum absolute atomic E-state index is 0.244. The molecule has 1 aromatic carbocycles. The molecule has 3 aromatic rings. The topological polar surface area (TPSA) is 104 Å². The second kappa shape index (κ2) is 7.85. The number of carbonyl (C=O) groups is 1. The maximum atomic E-state index is 12.5. The van der Waals surface area contributed by atoms with Crippen molar-refractivity contribution in [3.8, 4) is 6.07 Å². The molecule has 0 aliphatic heterocycles. The van der Waals surface area contributed by atoms with E-state index in [4.69, 9.17) is 5.26 Å². The molecule has 3 rings (SSSR count). The molecular formula is C19H16N6O. The fraction of sp³-hybridized carbons (Fsp3) is 0.105. The Morgan fingerprint density at radius 2 is 2.08 bits per heavy atom. The highest BCUT2D eigenvalue weighted by Crippen LogP contribution is 2.13. The average molecular weight is 344 g/mol. The number of rotatable bonds is 5. The summed E-state index contributed by atoms with van der Waals surface area (Å²) in [6, 6.07) is 14.1. The Hall–Kier alpha value is -3.79. The summed E-state index contributed by atoms with van der Waals surface area (Å²) in [7, 11) is 0. The number of anilines is 2. The lowest BCUT2D eigenvalue weighted by Gasteiger charge is -2.09. The highest BCUT2D eigenvalue weighted by Gasteiger charge is 2.11. The monoisotopic (exact) mass is 344 g/mol. The minimum atomic E-state index is -0.366. The molecule has 0 bridgehead atoms. The molecule has 128 valence electrons. The van der Waals surface area contributed by atoms with Crippen LogP contribution in [0.1, 0.15) is 27.4 Å². The third-order valence-corrected chi connectivity index (χ3v) is 3.52. The largest absolute Gasteiger partial charge is 0.366 e. The van der Waals surface area contributed by atoms with Crippen molar-refractivity contribution < 1.29 is 4.79 Å². The molecule has 0 spiro atoms. The maximum Gasteiger partial charge on any atom is 0.274 e. The van der Waals surface area contributed by atoms with Crippen LogP contribution < -0.4 is 10.6 Å². The van der Waals surface area contributed by atoms with E-state index in [9.17, 15) is 4.79 Å². The van der Waals surface area contributed by atoms with E-state index in [0.29, 0.717) is 29.4 Å². The molecule has 1 amide bonds. The van der Waals surface area contributed by atoms with Gasteiger partial charge in [-0.25, -0.2) is 9.97 Å². The van der Waals surface area contributed by atoms with Gasteiger partial charge in [0.15, 0.2) is 0 Å². The first-order valence-corrected chi connectivity index (χ1v) is 7.94. The number of hydrogen-bond acceptors (Lipinski definition) is 6. The van der Waals surface area contributed by atoms with Gasteiger partial charge in [0, 0.05) is 30.7 Å². The molecule has 2 heterocycles. The predicted octanol–water partition coefficient (Wildman–Crippen LogP) is 2.92. The number of amides is 1. The number of hydrogen-bond donors (Lipinski definition) is 2. The van der Waals surface area contributed by atoms with E-state index in [-0.39, 0.29) is 11.6 Å². The molecule has 7 nitrogen and oxygen atoms in total. The zero-order valence-corrected chi connectivity index (χ0v) is 14.1. The second-order valence-corrected chi connectivity index (χ2v) is 5.55. The summed E-state index contributed by atoms with van der Waals surface area (Å²) < 4.78 is 0. The summed E-state index contributed by atoms with van der Waals surface area (Å²) in [5, 5.41) is 14.9. The van der Waals surface area contributed by atoms with E-state index in [1.165, 1.54) is 0 Å². The van der Waals surface area contributed by atoms with Crippen LogP contribution in [0, 0.1) is 18.3 Å². The standard InChI is InChI=1S/C19H16N6O/c1-13-23-17(19(26)25-16-6-2-4-14(8-16)10-20)9-18(24-13)22-12-15-5-3-7-21-11-15/h2-9,11H,12H2,1H3,(H,25,26)(H,22,23,24). The lowest BCUT2D eigenvalue weighted by molar-refractivity contribution is 0.102. The van der Waals surface area contributed by atoms with Crippen LogP contribution in [0.5, 0.6) is 0 Å². The first-order chi connectivity index (χ1) is 12.6. The van der Waals surface area contributed by atoms with Gasteiger partial charge in [0.05, 0.1) is 11.6 Å². The average Bonchev–Trinajstić information content (AvgIpc) is 2.67. The van der Waals surface area contributed by atoms with Gasteiger partial charge in [-0.3, -0.25) is 9.78 Å². The SMILES string of the molecule is Cc1nc(NCc2cccnc2)cc(C(=O)Nc2cccc(C#N)c2)n1. The first kappa shape index (κ1) is 17.0. The Labute approximate surface area is 150 Å². The zero-order valence-electron chi connectivity index (χ0n) is 14.1. The number of nitrogens with one attached hydrogen (secondary N) is 2. The normalized spacial score (nSPS) is 10.0. The number of carbonyl (C=O) groups excluding carboxylic acids is 1. The van der Waals surface area contributed by atoms with Crippen LogP contribution in [0.3, 0.4) is 0 Å². The van der Waals surface area contributed by atoms with E-state index in [1.54, 1.807) is 49.6 Å². The number of benzene rings is 1. The molecule has 0 aliphatic carbocycles. The summed E-state index contributed by atoms with van der Waals surface area (Å²) in [4.78, 5) is 25.0. The van der Waals surface area contributed by atoms with E-state index < -0.39 is 0 Å². The van der Waals surface area contributed by atoms with Gasteiger partial charge in [-0.15, -0.1) is 0 Å². The molecule has 0 atom stereocenters. The molecule has 2 N–H and O–H groups in total.